The summed E-state index contributed by atoms with van der Waals surface area (Å²) in [6, 6.07) is 16.4. The maximum atomic E-state index is 12.7. The monoisotopic (exact) mass is 342 g/mol. The highest BCUT2D eigenvalue weighted by molar-refractivity contribution is 6.84. The second kappa shape index (κ2) is 5.79. The molecule has 2 aromatic rings. The summed E-state index contributed by atoms with van der Waals surface area (Å²) in [5, 5.41) is 0.890. The lowest BCUT2D eigenvalue weighted by molar-refractivity contribution is 0.0941. The topological polar surface area (TPSA) is 43.4 Å². The van der Waals surface area contributed by atoms with Gasteiger partial charge in [-0.15, -0.1) is 0 Å². The average molecular weight is 343 g/mol. The summed E-state index contributed by atoms with van der Waals surface area (Å²) in [6.45, 7) is 3.94. The molecule has 5 heteroatoms. The van der Waals surface area contributed by atoms with Crippen molar-refractivity contribution >= 4 is 36.7 Å². The fraction of sp³-hybridized carbons (Fsp3) is 0.111. The summed E-state index contributed by atoms with van der Waals surface area (Å²) in [6.07, 6.45) is 0. The van der Waals surface area contributed by atoms with Crippen LogP contribution in [0.15, 0.2) is 65.4 Å². The van der Waals surface area contributed by atoms with E-state index in [-0.39, 0.29) is 22.4 Å². The molecule has 0 aromatic heterocycles. The van der Waals surface area contributed by atoms with Crippen LogP contribution in [-0.4, -0.2) is 19.9 Å². The van der Waals surface area contributed by atoms with Gasteiger partial charge in [-0.2, -0.15) is 0 Å². The van der Waals surface area contributed by atoms with Crippen molar-refractivity contribution in [3.8, 4) is 0 Å². The van der Waals surface area contributed by atoms with Crippen molar-refractivity contribution in [1.82, 2.24) is 0 Å². The molecule has 0 aliphatic heterocycles. The molecule has 0 fully saturated rings. The molecule has 0 amide bonds. The number of rotatable bonds is 3. The van der Waals surface area contributed by atoms with Gasteiger partial charge in [0.2, 0.25) is 11.6 Å². The van der Waals surface area contributed by atoms with E-state index in [1.165, 1.54) is 0 Å². The predicted molar refractivity (Wildman–Crippen MR) is 92.6 cm³/mol. The number of Topliss-reactive ketones (excluding diaryl/α,β-unsaturated/α-hetero) is 2. The minimum absolute atomic E-state index is 0.0316. The van der Waals surface area contributed by atoms with Crippen molar-refractivity contribution < 1.29 is 14.0 Å². The number of benzene rings is 2. The Hall–Kier alpha value is -2.17. The van der Waals surface area contributed by atoms with Crippen molar-refractivity contribution in [3.05, 3.63) is 76.5 Å². The molecule has 2 aromatic carbocycles. The van der Waals surface area contributed by atoms with E-state index in [0.717, 1.165) is 5.19 Å². The molecule has 0 heterocycles. The van der Waals surface area contributed by atoms with E-state index in [9.17, 15) is 9.59 Å². The van der Waals surface area contributed by atoms with Crippen LogP contribution in [0.5, 0.6) is 0 Å². The highest BCUT2D eigenvalue weighted by Crippen LogP contribution is 2.30. The zero-order valence-corrected chi connectivity index (χ0v) is 14.6. The summed E-state index contributed by atoms with van der Waals surface area (Å²) in [5.74, 6) is -0.729. The zero-order valence-electron chi connectivity index (χ0n) is 12.8. The standard InChI is InChI=1S/C18H15ClO3Si/c1-23(2,12-8-4-3-5-9-12)22-18-15(19)16(20)13-10-6-7-11-14(13)17(18)21/h3-11H,1-2H3. The molecule has 3 nitrogen and oxygen atoms in total. The van der Waals surface area contributed by atoms with Gasteiger partial charge in [0, 0.05) is 11.1 Å². The highest BCUT2D eigenvalue weighted by atomic mass is 35.5. The number of allylic oxidation sites excluding steroid dienone is 2. The third-order valence-electron chi connectivity index (χ3n) is 3.85. The maximum absolute atomic E-state index is 12.7. The lowest BCUT2D eigenvalue weighted by atomic mass is 9.94. The largest absolute Gasteiger partial charge is 0.536 e. The van der Waals surface area contributed by atoms with Gasteiger partial charge in [-0.05, 0) is 18.3 Å². The predicted octanol–water partition coefficient (Wildman–Crippen LogP) is 3.64. The summed E-state index contributed by atoms with van der Waals surface area (Å²) in [4.78, 5) is 25.1. The van der Waals surface area contributed by atoms with E-state index < -0.39 is 8.32 Å². The molecule has 3 rings (SSSR count). The van der Waals surface area contributed by atoms with Gasteiger partial charge in [0.05, 0.1) is 0 Å². The molecular weight excluding hydrogens is 328 g/mol. The van der Waals surface area contributed by atoms with Gasteiger partial charge in [-0.3, -0.25) is 9.59 Å². The third kappa shape index (κ3) is 2.75. The van der Waals surface area contributed by atoms with Crippen molar-refractivity contribution in [2.24, 2.45) is 0 Å². The summed E-state index contributed by atoms with van der Waals surface area (Å²) >= 11 is 6.16. The SMILES string of the molecule is C[Si](C)(OC1=C(Cl)C(=O)c2ccccc2C1=O)c1ccccc1. The normalized spacial score (nSPS) is 14.7. The molecular formula is C18H15ClO3Si. The van der Waals surface area contributed by atoms with Gasteiger partial charge in [0.15, 0.2) is 5.76 Å². The first-order valence-corrected chi connectivity index (χ1v) is 10.5. The van der Waals surface area contributed by atoms with Crippen LogP contribution in [0.25, 0.3) is 0 Å². The Balaban J connectivity index is 2.02. The number of carbonyl (C=O) groups excluding carboxylic acids is 2. The first-order valence-electron chi connectivity index (χ1n) is 7.24. The van der Waals surface area contributed by atoms with Crippen LogP contribution in [-0.2, 0) is 4.43 Å². The molecule has 0 radical (unpaired) electrons. The molecule has 23 heavy (non-hydrogen) atoms. The van der Waals surface area contributed by atoms with E-state index in [0.29, 0.717) is 11.1 Å². The minimum atomic E-state index is -2.42. The van der Waals surface area contributed by atoms with Crippen LogP contribution >= 0.6 is 11.6 Å². The molecule has 0 saturated carbocycles. The van der Waals surface area contributed by atoms with Crippen LogP contribution in [0.2, 0.25) is 13.1 Å². The summed E-state index contributed by atoms with van der Waals surface area (Å²) in [7, 11) is -2.42. The Bertz CT molecular complexity index is 825. The van der Waals surface area contributed by atoms with Crippen LogP contribution in [0, 0.1) is 0 Å². The molecule has 1 aliphatic carbocycles. The lowest BCUT2D eigenvalue weighted by Gasteiger charge is -2.28. The molecule has 0 bridgehead atoms. The Morgan fingerprint density at radius 1 is 0.826 bits per heavy atom. The third-order valence-corrected chi connectivity index (χ3v) is 6.63. The van der Waals surface area contributed by atoms with Gasteiger partial charge in [-0.1, -0.05) is 66.2 Å². The number of carbonyl (C=O) groups is 2. The van der Waals surface area contributed by atoms with Crippen LogP contribution in [0.3, 0.4) is 0 Å². The van der Waals surface area contributed by atoms with Gasteiger partial charge in [0.25, 0.3) is 8.32 Å². The minimum Gasteiger partial charge on any atom is -0.536 e. The van der Waals surface area contributed by atoms with Gasteiger partial charge >= 0.3 is 0 Å². The van der Waals surface area contributed by atoms with Crippen molar-refractivity contribution in [2.45, 2.75) is 13.1 Å². The Morgan fingerprint density at radius 2 is 1.35 bits per heavy atom. The van der Waals surface area contributed by atoms with Gasteiger partial charge in [0.1, 0.15) is 5.03 Å². The molecule has 116 valence electrons. The van der Waals surface area contributed by atoms with Crippen LogP contribution in [0.4, 0.5) is 0 Å². The summed E-state index contributed by atoms with van der Waals surface area (Å²) in [5.41, 5.74) is 0.670. The van der Waals surface area contributed by atoms with Crippen LogP contribution in [0.1, 0.15) is 20.7 Å². The molecule has 0 N–H and O–H groups in total. The lowest BCUT2D eigenvalue weighted by Crippen LogP contribution is -2.45. The van der Waals surface area contributed by atoms with Crippen LogP contribution < -0.4 is 5.19 Å². The maximum Gasteiger partial charge on any atom is 0.277 e. The molecule has 0 spiro atoms. The van der Waals surface area contributed by atoms with Crippen molar-refractivity contribution in [2.75, 3.05) is 0 Å². The van der Waals surface area contributed by atoms with Gasteiger partial charge < -0.3 is 4.43 Å². The first kappa shape index (κ1) is 15.7. The van der Waals surface area contributed by atoms with E-state index in [1.807, 2.05) is 43.4 Å². The second-order valence-electron chi connectivity index (χ2n) is 5.83. The van der Waals surface area contributed by atoms with Crippen molar-refractivity contribution in [3.63, 3.8) is 0 Å². The molecule has 0 atom stereocenters. The van der Waals surface area contributed by atoms with E-state index in [1.54, 1.807) is 24.3 Å². The zero-order chi connectivity index (χ0) is 16.6. The van der Waals surface area contributed by atoms with Gasteiger partial charge in [-0.25, -0.2) is 0 Å². The fourth-order valence-electron chi connectivity index (χ4n) is 2.57. The fourth-order valence-corrected chi connectivity index (χ4v) is 4.68. The summed E-state index contributed by atoms with van der Waals surface area (Å²) < 4.78 is 6.03. The smallest absolute Gasteiger partial charge is 0.277 e. The number of hydrogen-bond acceptors (Lipinski definition) is 3. The number of hydrogen-bond donors (Lipinski definition) is 0. The number of fused-ring (bicyclic) bond motifs is 1. The number of halogens is 1. The molecule has 0 saturated heterocycles. The molecule has 1 aliphatic rings. The highest BCUT2D eigenvalue weighted by Gasteiger charge is 2.37. The second-order valence-corrected chi connectivity index (χ2v) is 10.0. The van der Waals surface area contributed by atoms with E-state index in [2.05, 4.69) is 0 Å². The van der Waals surface area contributed by atoms with E-state index in [4.69, 9.17) is 16.0 Å². The van der Waals surface area contributed by atoms with E-state index >= 15 is 0 Å². The average Bonchev–Trinajstić information content (AvgIpc) is 2.57. The quantitative estimate of drug-likeness (QED) is 0.800. The Kier molecular flexibility index (Phi) is 3.96. The van der Waals surface area contributed by atoms with Crippen molar-refractivity contribution in [1.29, 1.82) is 0 Å². The Labute approximate surface area is 140 Å². The molecule has 0 unspecified atom stereocenters. The first-order chi connectivity index (χ1) is 10.9. The Morgan fingerprint density at radius 3 is 1.96 bits per heavy atom. The number of ketones is 2.